The molecule has 0 bridgehead atoms. The lowest BCUT2D eigenvalue weighted by Gasteiger charge is -2.37. The maximum absolute atomic E-state index is 13.5. The molecule has 1 aliphatic heterocycles. The lowest BCUT2D eigenvalue weighted by Crippen LogP contribution is -2.62. The molecule has 3 rings (SSSR count). The number of aliphatic hydroxyl groups excluding tert-OH is 1. The SMILES string of the molecule is COCCNCC1(C(=O)NO)CCC(CO)N1S(=O)c1ccc(Oc2ccc(F)cc2)nc1. The lowest BCUT2D eigenvalue weighted by atomic mass is 9.96. The molecule has 180 valence electrons. The van der Waals surface area contributed by atoms with Crippen molar-refractivity contribution in [1.29, 1.82) is 0 Å². The van der Waals surface area contributed by atoms with Gasteiger partial charge in [0.15, 0.2) is 0 Å². The van der Waals surface area contributed by atoms with Gasteiger partial charge in [0, 0.05) is 38.5 Å². The highest BCUT2D eigenvalue weighted by Crippen LogP contribution is 2.37. The van der Waals surface area contributed by atoms with E-state index in [9.17, 15) is 23.7 Å². The molecule has 33 heavy (non-hydrogen) atoms. The number of nitrogens with zero attached hydrogens (tertiary/aromatic N) is 2. The number of rotatable bonds is 11. The molecule has 3 atom stereocenters. The van der Waals surface area contributed by atoms with Crippen LogP contribution >= 0.6 is 0 Å². The van der Waals surface area contributed by atoms with Gasteiger partial charge in [-0.3, -0.25) is 10.0 Å². The highest BCUT2D eigenvalue weighted by Gasteiger charge is 2.54. The van der Waals surface area contributed by atoms with E-state index in [-0.39, 0.29) is 30.3 Å². The Morgan fingerprint density at radius 3 is 2.70 bits per heavy atom. The summed E-state index contributed by atoms with van der Waals surface area (Å²) in [4.78, 5) is 17.2. The molecule has 10 nitrogen and oxygen atoms in total. The van der Waals surface area contributed by atoms with E-state index in [2.05, 4.69) is 10.3 Å². The van der Waals surface area contributed by atoms with Gasteiger partial charge < -0.3 is 19.9 Å². The Kier molecular flexibility index (Phi) is 8.83. The molecule has 2 aromatic rings. The van der Waals surface area contributed by atoms with Crippen molar-refractivity contribution in [2.45, 2.75) is 29.3 Å². The number of pyridine rings is 1. The Morgan fingerprint density at radius 2 is 2.09 bits per heavy atom. The van der Waals surface area contributed by atoms with Crippen molar-refractivity contribution in [3.05, 3.63) is 48.4 Å². The third-order valence-electron chi connectivity index (χ3n) is 5.41. The minimum atomic E-state index is -1.88. The minimum Gasteiger partial charge on any atom is -0.439 e. The van der Waals surface area contributed by atoms with E-state index in [1.165, 1.54) is 46.9 Å². The summed E-state index contributed by atoms with van der Waals surface area (Å²) in [5.41, 5.74) is 0.323. The zero-order valence-electron chi connectivity index (χ0n) is 18.1. The maximum atomic E-state index is 13.5. The van der Waals surface area contributed by atoms with Gasteiger partial charge in [-0.25, -0.2) is 19.1 Å². The Hall–Kier alpha value is -2.48. The predicted molar refractivity (Wildman–Crippen MR) is 116 cm³/mol. The Bertz CT molecular complexity index is 949. The van der Waals surface area contributed by atoms with E-state index in [1.54, 1.807) is 12.6 Å². The van der Waals surface area contributed by atoms with Crippen LogP contribution in [0.5, 0.6) is 11.6 Å². The average molecular weight is 483 g/mol. The predicted octanol–water partition coefficient (Wildman–Crippen LogP) is 0.973. The molecule has 1 saturated heterocycles. The monoisotopic (exact) mass is 482 g/mol. The molecule has 0 spiro atoms. The summed E-state index contributed by atoms with van der Waals surface area (Å²) < 4.78 is 38.6. The molecule has 3 unspecified atom stereocenters. The first-order valence-corrected chi connectivity index (χ1v) is 11.4. The van der Waals surface area contributed by atoms with E-state index in [4.69, 9.17) is 9.47 Å². The maximum Gasteiger partial charge on any atom is 0.266 e. The smallest absolute Gasteiger partial charge is 0.266 e. The second-order valence-electron chi connectivity index (χ2n) is 7.48. The number of hydrogen-bond donors (Lipinski definition) is 4. The lowest BCUT2D eigenvalue weighted by molar-refractivity contribution is -0.138. The number of hydrogen-bond acceptors (Lipinski definition) is 8. The summed E-state index contributed by atoms with van der Waals surface area (Å²) in [6.45, 7) is 0.620. The first-order chi connectivity index (χ1) is 15.9. The summed E-state index contributed by atoms with van der Waals surface area (Å²) in [7, 11) is -0.334. The van der Waals surface area contributed by atoms with Crippen LogP contribution in [0.3, 0.4) is 0 Å². The van der Waals surface area contributed by atoms with Crippen molar-refractivity contribution < 1.29 is 33.2 Å². The summed E-state index contributed by atoms with van der Waals surface area (Å²) in [5.74, 6) is -0.514. The fourth-order valence-corrected chi connectivity index (χ4v) is 5.30. The van der Waals surface area contributed by atoms with E-state index in [1.807, 2.05) is 0 Å². The molecule has 1 aliphatic rings. The molecule has 1 aromatic heterocycles. The summed E-state index contributed by atoms with van der Waals surface area (Å²) in [6.07, 6.45) is 2.03. The van der Waals surface area contributed by atoms with Gasteiger partial charge in [-0.15, -0.1) is 0 Å². The van der Waals surface area contributed by atoms with Crippen LogP contribution in [0.2, 0.25) is 0 Å². The summed E-state index contributed by atoms with van der Waals surface area (Å²) in [6, 6.07) is 7.90. The number of benzene rings is 1. The van der Waals surface area contributed by atoms with Crippen LogP contribution in [-0.4, -0.2) is 74.7 Å². The van der Waals surface area contributed by atoms with Crippen LogP contribution in [-0.2, 0) is 20.5 Å². The van der Waals surface area contributed by atoms with Gasteiger partial charge in [0.25, 0.3) is 5.91 Å². The fraction of sp³-hybridized carbons (Fsp3) is 0.429. The number of carbonyl (C=O) groups is 1. The highest BCUT2D eigenvalue weighted by molar-refractivity contribution is 7.82. The van der Waals surface area contributed by atoms with Crippen LogP contribution in [0.1, 0.15) is 12.8 Å². The van der Waals surface area contributed by atoms with Crippen LogP contribution < -0.4 is 15.5 Å². The van der Waals surface area contributed by atoms with Crippen molar-refractivity contribution in [3.8, 4) is 11.6 Å². The van der Waals surface area contributed by atoms with Gasteiger partial charge in [-0.1, -0.05) is 0 Å². The van der Waals surface area contributed by atoms with Crippen molar-refractivity contribution in [1.82, 2.24) is 20.1 Å². The Morgan fingerprint density at radius 1 is 1.33 bits per heavy atom. The van der Waals surface area contributed by atoms with Crippen molar-refractivity contribution in [2.75, 3.05) is 33.4 Å². The highest BCUT2D eigenvalue weighted by atomic mass is 32.2. The van der Waals surface area contributed by atoms with Crippen molar-refractivity contribution >= 4 is 16.9 Å². The second-order valence-corrected chi connectivity index (χ2v) is 8.84. The third kappa shape index (κ3) is 5.72. The zero-order chi connectivity index (χ0) is 23.8. The Balaban J connectivity index is 1.82. The molecular weight excluding hydrogens is 455 g/mol. The summed E-state index contributed by atoms with van der Waals surface area (Å²) >= 11 is 0. The second kappa shape index (κ2) is 11.6. The molecule has 1 amide bonds. The number of aromatic nitrogens is 1. The number of carbonyl (C=O) groups excluding carboxylic acids is 1. The molecule has 0 aliphatic carbocycles. The zero-order valence-corrected chi connectivity index (χ0v) is 18.9. The number of hydroxylamine groups is 1. The van der Waals surface area contributed by atoms with Crippen molar-refractivity contribution in [3.63, 3.8) is 0 Å². The van der Waals surface area contributed by atoms with Gasteiger partial charge in [0.2, 0.25) is 5.88 Å². The van der Waals surface area contributed by atoms with Crippen LogP contribution in [0.15, 0.2) is 47.5 Å². The molecule has 4 N–H and O–H groups in total. The number of methoxy groups -OCH3 is 1. The van der Waals surface area contributed by atoms with Gasteiger partial charge >= 0.3 is 0 Å². The van der Waals surface area contributed by atoms with E-state index < -0.39 is 34.3 Å². The van der Waals surface area contributed by atoms with Crippen molar-refractivity contribution in [2.24, 2.45) is 0 Å². The normalized spacial score (nSPS) is 21.6. The van der Waals surface area contributed by atoms with Crippen LogP contribution in [0.25, 0.3) is 0 Å². The Labute approximate surface area is 193 Å². The molecular formula is C21H27FN4O6S. The minimum absolute atomic E-state index is 0.0875. The number of halogens is 1. The first kappa shape index (κ1) is 25.1. The van der Waals surface area contributed by atoms with E-state index in [0.29, 0.717) is 25.3 Å². The topological polar surface area (TPSA) is 133 Å². The standard InChI is InChI=1S/C21H27FN4O6S/c1-31-11-10-23-14-21(20(28)25-29)9-8-16(13-27)26(21)33(30)18-6-7-19(24-12-18)32-17-4-2-15(22)3-5-17/h2-7,12,16,23,27,29H,8-11,13-14H2,1H3,(H,25,28). The van der Waals surface area contributed by atoms with Crippen LogP contribution in [0.4, 0.5) is 4.39 Å². The molecule has 12 heteroatoms. The number of ether oxygens (including phenoxy) is 2. The van der Waals surface area contributed by atoms with Gasteiger partial charge in [0.1, 0.15) is 28.1 Å². The fourth-order valence-electron chi connectivity index (χ4n) is 3.74. The van der Waals surface area contributed by atoms with Crippen LogP contribution in [0, 0.1) is 5.82 Å². The molecule has 1 aromatic carbocycles. The first-order valence-electron chi connectivity index (χ1n) is 10.3. The van der Waals surface area contributed by atoms with Gasteiger partial charge in [-0.2, -0.15) is 4.31 Å². The van der Waals surface area contributed by atoms with E-state index in [0.717, 1.165) is 0 Å². The number of aliphatic hydroxyl groups is 1. The molecule has 0 radical (unpaired) electrons. The average Bonchev–Trinajstić information content (AvgIpc) is 3.22. The molecule has 0 saturated carbocycles. The number of amides is 1. The molecule has 2 heterocycles. The summed E-state index contributed by atoms with van der Waals surface area (Å²) in [5, 5.41) is 22.4. The quantitative estimate of drug-likeness (QED) is 0.212. The molecule has 1 fully saturated rings. The van der Waals surface area contributed by atoms with E-state index >= 15 is 0 Å². The largest absolute Gasteiger partial charge is 0.439 e. The number of nitrogens with one attached hydrogen (secondary N) is 2. The van der Waals surface area contributed by atoms with Gasteiger partial charge in [-0.05, 0) is 43.2 Å². The van der Waals surface area contributed by atoms with Gasteiger partial charge in [0.05, 0.1) is 18.1 Å². The third-order valence-corrected chi connectivity index (χ3v) is 7.06.